The average molecular weight is 715 g/mol. The van der Waals surface area contributed by atoms with E-state index in [1.807, 2.05) is 5.10 Å². The molecule has 0 saturated carbocycles. The second-order valence-corrected chi connectivity index (χ2v) is 12.7. The Morgan fingerprint density at radius 2 is 1.90 bits per heavy atom. The Labute approximate surface area is 288 Å². The maximum Gasteiger partial charge on any atom is 0.433 e. The van der Waals surface area contributed by atoms with Crippen LogP contribution in [0.15, 0.2) is 42.7 Å². The van der Waals surface area contributed by atoms with Crippen molar-refractivity contribution in [1.29, 1.82) is 0 Å². The molecular formula is C32H34ClF3N10O4. The van der Waals surface area contributed by atoms with Gasteiger partial charge in [-0.25, -0.2) is 4.98 Å². The van der Waals surface area contributed by atoms with Crippen LogP contribution >= 0.6 is 11.6 Å². The van der Waals surface area contributed by atoms with Gasteiger partial charge in [0.25, 0.3) is 11.8 Å². The molecule has 2 aliphatic rings. The Balaban J connectivity index is 1.07. The summed E-state index contributed by atoms with van der Waals surface area (Å²) in [6.45, 7) is 1.24. The van der Waals surface area contributed by atoms with Crippen LogP contribution in [-0.2, 0) is 17.5 Å². The number of hydrogen-bond acceptors (Lipinski definition) is 9. The molecule has 7 N–H and O–H groups in total. The van der Waals surface area contributed by atoms with Crippen molar-refractivity contribution >= 4 is 35.0 Å². The van der Waals surface area contributed by atoms with E-state index in [4.69, 9.17) is 17.3 Å². The van der Waals surface area contributed by atoms with E-state index in [1.54, 1.807) is 35.0 Å². The van der Waals surface area contributed by atoms with Crippen molar-refractivity contribution in [3.63, 3.8) is 0 Å². The number of aliphatic hydroxyl groups is 1. The standard InChI is InChI=1S/C32H34ClF3N10O4/c1-45(31(50)23-11-19(47)14-39-23)18-6-8-46(9-7-18)30(49)20-4-2-16(10-21(20)33)12-41-29(48)28-40-15-24(42-28)25-26(22-5-3-17(37)13-38-22)43-44-27(25)32(34,35)36/h2-5,10,13,15,18-19,23,39,47H,6-9,11-12,14,37H2,1H3,(H,40,42)(H,41,48)(H,43,44)/t19-,23+/m1/s1. The minimum absolute atomic E-state index is 0.0121. The Hall–Kier alpha value is -5.00. The number of carbonyl (C=O) groups is 3. The number of amides is 3. The number of H-pyrrole nitrogens is 2. The van der Waals surface area contributed by atoms with Crippen molar-refractivity contribution < 1.29 is 32.7 Å². The van der Waals surface area contributed by atoms with Crippen molar-refractivity contribution in [2.45, 2.75) is 50.2 Å². The molecule has 2 aliphatic heterocycles. The van der Waals surface area contributed by atoms with Gasteiger partial charge in [-0.05, 0) is 49.1 Å². The first kappa shape index (κ1) is 34.8. The quantitative estimate of drug-likeness (QED) is 0.159. The van der Waals surface area contributed by atoms with Crippen molar-refractivity contribution in [2.24, 2.45) is 0 Å². The number of benzene rings is 1. The number of likely N-dealkylation sites (tertiary alicyclic amines) is 1. The van der Waals surface area contributed by atoms with Gasteiger partial charge in [-0.1, -0.05) is 17.7 Å². The number of anilines is 1. The molecule has 5 heterocycles. The van der Waals surface area contributed by atoms with Crippen LogP contribution < -0.4 is 16.4 Å². The SMILES string of the molecule is CN(C(=O)[C@@H]1C[C@@H](O)CN1)C1CCN(C(=O)c2ccc(CNC(=O)c3ncc(-c4c(-c5ccc(N)cn5)n[nH]c4C(F)(F)F)[nH]3)cc2Cl)CC1. The molecule has 18 heteroatoms. The topological polar surface area (TPSA) is 198 Å². The van der Waals surface area contributed by atoms with E-state index in [9.17, 15) is 32.7 Å². The van der Waals surface area contributed by atoms with Gasteiger partial charge in [0, 0.05) is 39.3 Å². The van der Waals surface area contributed by atoms with Gasteiger partial charge in [0.1, 0.15) is 11.4 Å². The Morgan fingerprint density at radius 3 is 2.54 bits per heavy atom. The summed E-state index contributed by atoms with van der Waals surface area (Å²) < 4.78 is 41.6. The molecule has 14 nitrogen and oxygen atoms in total. The lowest BCUT2D eigenvalue weighted by Gasteiger charge is -2.37. The highest BCUT2D eigenvalue weighted by atomic mass is 35.5. The number of piperidine rings is 1. The van der Waals surface area contributed by atoms with Gasteiger partial charge in [0.05, 0.1) is 57.8 Å². The van der Waals surface area contributed by atoms with Crippen LogP contribution in [0, 0.1) is 0 Å². The number of nitrogens with two attached hydrogens (primary N) is 1. The zero-order chi connectivity index (χ0) is 35.7. The summed E-state index contributed by atoms with van der Waals surface area (Å²) >= 11 is 6.50. The molecule has 3 amide bonds. The molecule has 0 spiro atoms. The highest BCUT2D eigenvalue weighted by Gasteiger charge is 2.39. The monoisotopic (exact) mass is 714 g/mol. The highest BCUT2D eigenvalue weighted by molar-refractivity contribution is 6.33. The number of hydrogen-bond donors (Lipinski definition) is 6. The van der Waals surface area contributed by atoms with Crippen molar-refractivity contribution in [1.82, 2.24) is 45.6 Å². The van der Waals surface area contributed by atoms with Crippen LogP contribution in [-0.4, -0.2) is 103 Å². The number of nitrogens with one attached hydrogen (secondary N) is 4. The van der Waals surface area contributed by atoms with Crippen LogP contribution in [0.4, 0.5) is 18.9 Å². The highest BCUT2D eigenvalue weighted by Crippen LogP contribution is 2.40. The molecule has 0 unspecified atom stereocenters. The van der Waals surface area contributed by atoms with Gasteiger partial charge in [-0.15, -0.1) is 0 Å². The zero-order valence-corrected chi connectivity index (χ0v) is 27.5. The fourth-order valence-electron chi connectivity index (χ4n) is 6.17. The molecule has 2 saturated heterocycles. The third-order valence-electron chi connectivity index (χ3n) is 8.91. The number of aromatic nitrogens is 5. The molecule has 0 radical (unpaired) electrons. The molecular weight excluding hydrogens is 681 g/mol. The van der Waals surface area contributed by atoms with E-state index in [1.165, 1.54) is 18.3 Å². The molecule has 3 aromatic heterocycles. The van der Waals surface area contributed by atoms with Crippen molar-refractivity contribution in [2.75, 3.05) is 32.4 Å². The molecule has 1 aromatic carbocycles. The number of β-amino-alcohol motifs (C(OH)–C–C–N with tert-alkyl or cyclic N) is 1. The van der Waals surface area contributed by atoms with E-state index in [0.717, 1.165) is 6.20 Å². The number of rotatable bonds is 8. The molecule has 2 fully saturated rings. The van der Waals surface area contributed by atoms with E-state index >= 15 is 0 Å². The number of halogens is 4. The second-order valence-electron chi connectivity index (χ2n) is 12.3. The first-order chi connectivity index (χ1) is 23.8. The molecule has 4 aromatic rings. The second kappa shape index (κ2) is 14.1. The number of carbonyl (C=O) groups excluding carboxylic acids is 3. The predicted molar refractivity (Wildman–Crippen MR) is 176 cm³/mol. The van der Waals surface area contributed by atoms with E-state index < -0.39 is 29.9 Å². The lowest BCUT2D eigenvalue weighted by Crippen LogP contribution is -2.51. The Morgan fingerprint density at radius 1 is 1.14 bits per heavy atom. The molecule has 6 rings (SSSR count). The summed E-state index contributed by atoms with van der Waals surface area (Å²) in [6.07, 6.45) is -1.36. The van der Waals surface area contributed by atoms with E-state index in [0.29, 0.717) is 50.1 Å². The van der Waals surface area contributed by atoms with Gasteiger partial charge in [-0.2, -0.15) is 18.3 Å². The van der Waals surface area contributed by atoms with Crippen LogP contribution in [0.5, 0.6) is 0 Å². The fourth-order valence-corrected chi connectivity index (χ4v) is 6.45. The van der Waals surface area contributed by atoms with Gasteiger partial charge in [0.2, 0.25) is 5.91 Å². The smallest absolute Gasteiger partial charge is 0.397 e. The summed E-state index contributed by atoms with van der Waals surface area (Å²) in [5.41, 5.74) is 5.25. The zero-order valence-electron chi connectivity index (χ0n) is 26.7. The number of imidazole rings is 1. The maximum atomic E-state index is 13.9. The third-order valence-corrected chi connectivity index (χ3v) is 9.22. The first-order valence-electron chi connectivity index (χ1n) is 15.8. The van der Waals surface area contributed by atoms with Gasteiger partial charge in [0.15, 0.2) is 5.82 Å². The molecule has 264 valence electrons. The van der Waals surface area contributed by atoms with Crippen LogP contribution in [0.2, 0.25) is 5.02 Å². The largest absolute Gasteiger partial charge is 0.433 e. The summed E-state index contributed by atoms with van der Waals surface area (Å²) in [4.78, 5) is 53.1. The predicted octanol–water partition coefficient (Wildman–Crippen LogP) is 2.83. The van der Waals surface area contributed by atoms with E-state index in [-0.39, 0.29) is 63.5 Å². The number of alkyl halides is 3. The number of aliphatic hydroxyl groups excluding tert-OH is 1. The lowest BCUT2D eigenvalue weighted by atomic mass is 10.0. The number of nitrogen functional groups attached to an aromatic ring is 1. The lowest BCUT2D eigenvalue weighted by molar-refractivity contribution is -0.140. The molecule has 50 heavy (non-hydrogen) atoms. The Bertz CT molecular complexity index is 1890. The van der Waals surface area contributed by atoms with Crippen molar-refractivity contribution in [3.05, 3.63) is 70.4 Å². The van der Waals surface area contributed by atoms with Crippen molar-refractivity contribution in [3.8, 4) is 22.6 Å². The Kier molecular flexibility index (Phi) is 9.82. The minimum Gasteiger partial charge on any atom is -0.397 e. The number of aromatic amines is 2. The number of nitrogens with zero attached hydrogens (tertiary/aromatic N) is 5. The number of pyridine rings is 1. The minimum atomic E-state index is -4.79. The molecule has 0 aliphatic carbocycles. The number of likely N-dealkylation sites (N-methyl/N-ethyl adjacent to an activating group) is 1. The van der Waals surface area contributed by atoms with Crippen LogP contribution in [0.1, 0.15) is 51.5 Å². The first-order valence-corrected chi connectivity index (χ1v) is 16.1. The normalized spacial score (nSPS) is 18.3. The molecule has 2 atom stereocenters. The summed E-state index contributed by atoms with van der Waals surface area (Å²) in [5, 5.41) is 21.4. The maximum absolute atomic E-state index is 13.9. The van der Waals surface area contributed by atoms with Crippen LogP contribution in [0.3, 0.4) is 0 Å². The van der Waals surface area contributed by atoms with Crippen LogP contribution in [0.25, 0.3) is 22.6 Å². The van der Waals surface area contributed by atoms with E-state index in [2.05, 4.69) is 30.7 Å². The van der Waals surface area contributed by atoms with Gasteiger partial charge in [-0.3, -0.25) is 24.5 Å². The summed E-state index contributed by atoms with van der Waals surface area (Å²) in [5.74, 6) is -1.26. The summed E-state index contributed by atoms with van der Waals surface area (Å²) in [6, 6.07) is 7.23. The summed E-state index contributed by atoms with van der Waals surface area (Å²) in [7, 11) is 1.75. The molecule has 0 bridgehead atoms. The van der Waals surface area contributed by atoms with Gasteiger partial charge < -0.3 is 36.3 Å². The fraction of sp³-hybridized carbons (Fsp3) is 0.375. The van der Waals surface area contributed by atoms with Gasteiger partial charge >= 0.3 is 6.18 Å². The average Bonchev–Trinajstić information content (AvgIpc) is 3.87. The third kappa shape index (κ3) is 7.29.